The zero-order valence-corrected chi connectivity index (χ0v) is 7.14. The van der Waals surface area contributed by atoms with E-state index in [0.29, 0.717) is 18.8 Å². The molecule has 1 fully saturated rings. The van der Waals surface area contributed by atoms with Crippen LogP contribution in [0, 0.1) is 0 Å². The first-order valence-corrected chi connectivity index (χ1v) is 4.25. The lowest BCUT2D eigenvalue weighted by Crippen LogP contribution is -2.28. The van der Waals surface area contributed by atoms with Gasteiger partial charge in [0, 0.05) is 18.7 Å². The van der Waals surface area contributed by atoms with E-state index in [1.165, 1.54) is 5.06 Å². The van der Waals surface area contributed by atoms with Crippen molar-refractivity contribution in [1.29, 1.82) is 0 Å². The molecule has 0 radical (unpaired) electrons. The third kappa shape index (κ3) is 1.77. The Kier molecular flexibility index (Phi) is 2.12. The molecule has 2 rings (SSSR count). The Bertz CT molecular complexity index is 300. The molecule has 0 aliphatic carbocycles. The molecule has 13 heavy (non-hydrogen) atoms. The molecule has 2 heterocycles. The van der Waals surface area contributed by atoms with Crippen LogP contribution in [0.3, 0.4) is 0 Å². The summed E-state index contributed by atoms with van der Waals surface area (Å²) in [6, 6.07) is 5.35. The van der Waals surface area contributed by atoms with Crippen LogP contribution in [0.25, 0.3) is 0 Å². The minimum absolute atomic E-state index is 0.0330. The maximum atomic E-state index is 11.2. The summed E-state index contributed by atoms with van der Waals surface area (Å²) in [5.74, 6) is 0.503. The fourth-order valence-electron chi connectivity index (χ4n) is 1.23. The molecule has 1 aromatic heterocycles. The van der Waals surface area contributed by atoms with Gasteiger partial charge in [0.15, 0.2) is 0 Å². The van der Waals surface area contributed by atoms with Gasteiger partial charge >= 0.3 is 0 Å². The molecule has 68 valence electrons. The van der Waals surface area contributed by atoms with Crippen molar-refractivity contribution in [3.8, 4) is 5.88 Å². The molecule has 0 aromatic carbocycles. The zero-order valence-electron chi connectivity index (χ0n) is 7.14. The van der Waals surface area contributed by atoms with E-state index in [-0.39, 0.29) is 5.91 Å². The third-order valence-corrected chi connectivity index (χ3v) is 1.87. The second-order valence-electron chi connectivity index (χ2n) is 2.86. The average Bonchev–Trinajstić information content (AvgIpc) is 2.54. The fraction of sp³-hybridized carbons (Fsp3) is 0.333. The van der Waals surface area contributed by atoms with Crippen LogP contribution in [0.2, 0.25) is 0 Å². The van der Waals surface area contributed by atoms with Crippen molar-refractivity contribution < 1.29 is 9.63 Å². The van der Waals surface area contributed by atoms with Crippen LogP contribution in [0.15, 0.2) is 24.4 Å². The van der Waals surface area contributed by atoms with E-state index in [9.17, 15) is 4.79 Å². The number of rotatable bonds is 2. The highest BCUT2D eigenvalue weighted by Gasteiger charge is 2.22. The number of hydrogen-bond acceptors (Lipinski definition) is 3. The normalized spacial score (nSPS) is 16.3. The van der Waals surface area contributed by atoms with Gasteiger partial charge in [-0.15, -0.1) is 0 Å². The Morgan fingerprint density at radius 2 is 2.38 bits per heavy atom. The molecule has 1 aromatic rings. The van der Waals surface area contributed by atoms with Gasteiger partial charge in [0.2, 0.25) is 5.88 Å². The first-order chi connectivity index (χ1) is 6.36. The summed E-state index contributed by atoms with van der Waals surface area (Å²) in [7, 11) is 0. The van der Waals surface area contributed by atoms with Gasteiger partial charge in [-0.1, -0.05) is 6.07 Å². The van der Waals surface area contributed by atoms with Gasteiger partial charge in [-0.05, 0) is 12.5 Å². The van der Waals surface area contributed by atoms with Crippen molar-refractivity contribution in [3.63, 3.8) is 0 Å². The van der Waals surface area contributed by atoms with Crippen molar-refractivity contribution in [3.05, 3.63) is 24.4 Å². The lowest BCUT2D eigenvalue weighted by Gasteiger charge is -2.14. The van der Waals surface area contributed by atoms with E-state index < -0.39 is 0 Å². The molecule has 4 heteroatoms. The lowest BCUT2D eigenvalue weighted by molar-refractivity contribution is -0.150. The monoisotopic (exact) mass is 178 g/mol. The van der Waals surface area contributed by atoms with Crippen molar-refractivity contribution >= 4 is 5.91 Å². The quantitative estimate of drug-likeness (QED) is 0.678. The summed E-state index contributed by atoms with van der Waals surface area (Å²) in [6.07, 6.45) is 3.08. The highest BCUT2D eigenvalue weighted by atomic mass is 16.7. The first-order valence-electron chi connectivity index (χ1n) is 4.25. The fourth-order valence-corrected chi connectivity index (χ4v) is 1.23. The smallest absolute Gasteiger partial charge is 0.255 e. The second kappa shape index (κ2) is 3.43. The maximum Gasteiger partial charge on any atom is 0.255 e. The highest BCUT2D eigenvalue weighted by Crippen LogP contribution is 2.13. The van der Waals surface area contributed by atoms with Gasteiger partial charge in [0.25, 0.3) is 5.91 Å². The summed E-state index contributed by atoms with van der Waals surface area (Å²) < 4.78 is 0. The first kappa shape index (κ1) is 8.04. The third-order valence-electron chi connectivity index (χ3n) is 1.87. The van der Waals surface area contributed by atoms with Crippen LogP contribution in [0.5, 0.6) is 5.88 Å². The van der Waals surface area contributed by atoms with Crippen molar-refractivity contribution in [1.82, 2.24) is 10.0 Å². The summed E-state index contributed by atoms with van der Waals surface area (Å²) in [5, 5.41) is 1.36. The molecule has 0 bridgehead atoms. The predicted molar refractivity (Wildman–Crippen MR) is 45.8 cm³/mol. The molecule has 1 amide bonds. The molecule has 4 nitrogen and oxygen atoms in total. The number of amides is 1. The Balaban J connectivity index is 2.02. The number of hydroxylamine groups is 2. The average molecular weight is 178 g/mol. The minimum atomic E-state index is 0.0330. The number of nitrogens with zero attached hydrogens (tertiary/aromatic N) is 2. The van der Waals surface area contributed by atoms with Crippen LogP contribution < -0.4 is 4.84 Å². The molecule has 1 aliphatic rings. The Labute approximate surface area is 76.1 Å². The Hall–Kier alpha value is -1.58. The minimum Gasteiger partial charge on any atom is -0.356 e. The van der Waals surface area contributed by atoms with Gasteiger partial charge in [-0.25, -0.2) is 4.98 Å². The van der Waals surface area contributed by atoms with Gasteiger partial charge < -0.3 is 4.84 Å². The van der Waals surface area contributed by atoms with E-state index in [1.54, 1.807) is 18.3 Å². The predicted octanol–water partition coefficient (Wildman–Crippen LogP) is 0.998. The summed E-state index contributed by atoms with van der Waals surface area (Å²) in [6.45, 7) is 0.662. The molecule has 0 atom stereocenters. The number of carbonyl (C=O) groups is 1. The molecule has 0 N–H and O–H groups in total. The summed E-state index contributed by atoms with van der Waals surface area (Å²) in [4.78, 5) is 20.4. The number of hydrogen-bond donors (Lipinski definition) is 0. The van der Waals surface area contributed by atoms with Crippen molar-refractivity contribution in [2.24, 2.45) is 0 Å². The largest absolute Gasteiger partial charge is 0.356 e. The zero-order chi connectivity index (χ0) is 9.10. The van der Waals surface area contributed by atoms with E-state index >= 15 is 0 Å². The van der Waals surface area contributed by atoms with Gasteiger partial charge in [-0.2, -0.15) is 5.06 Å². The molecular formula is C9H10N2O2. The molecule has 0 saturated carbocycles. The van der Waals surface area contributed by atoms with Crippen LogP contribution in [0.4, 0.5) is 0 Å². The standard InChI is InChI=1S/C9H10N2O2/c12-9-5-3-7-11(9)13-8-4-1-2-6-10-8/h1-2,4,6H,3,5,7H2. The molecule has 1 saturated heterocycles. The lowest BCUT2D eigenvalue weighted by atomic mass is 10.4. The number of pyridine rings is 1. The Morgan fingerprint density at radius 1 is 1.46 bits per heavy atom. The number of aromatic nitrogens is 1. The highest BCUT2D eigenvalue weighted by molar-refractivity contribution is 5.77. The maximum absolute atomic E-state index is 11.2. The van der Waals surface area contributed by atoms with E-state index in [1.807, 2.05) is 6.07 Å². The van der Waals surface area contributed by atoms with E-state index in [2.05, 4.69) is 4.98 Å². The summed E-state index contributed by atoms with van der Waals surface area (Å²) in [5.41, 5.74) is 0. The Morgan fingerprint density at radius 3 is 3.00 bits per heavy atom. The van der Waals surface area contributed by atoms with Gasteiger partial charge in [0.1, 0.15) is 0 Å². The SMILES string of the molecule is O=C1CCCN1Oc1ccccn1. The van der Waals surface area contributed by atoms with E-state index in [0.717, 1.165) is 6.42 Å². The van der Waals surface area contributed by atoms with Crippen LogP contribution in [-0.2, 0) is 4.79 Å². The number of carbonyl (C=O) groups excluding carboxylic acids is 1. The van der Waals surface area contributed by atoms with Crippen molar-refractivity contribution in [2.75, 3.05) is 6.54 Å². The molecule has 0 unspecified atom stereocenters. The van der Waals surface area contributed by atoms with E-state index in [4.69, 9.17) is 4.84 Å². The van der Waals surface area contributed by atoms with Gasteiger partial charge in [0.05, 0.1) is 6.54 Å². The van der Waals surface area contributed by atoms with Gasteiger partial charge in [-0.3, -0.25) is 4.79 Å². The molecule has 1 aliphatic heterocycles. The summed E-state index contributed by atoms with van der Waals surface area (Å²) >= 11 is 0. The topological polar surface area (TPSA) is 42.4 Å². The van der Waals surface area contributed by atoms with Crippen LogP contribution in [0.1, 0.15) is 12.8 Å². The molecule has 0 spiro atoms. The molecular weight excluding hydrogens is 168 g/mol. The van der Waals surface area contributed by atoms with Crippen molar-refractivity contribution in [2.45, 2.75) is 12.8 Å². The van der Waals surface area contributed by atoms with Crippen LogP contribution in [-0.4, -0.2) is 22.5 Å². The second-order valence-corrected chi connectivity index (χ2v) is 2.86. The van der Waals surface area contributed by atoms with Crippen LogP contribution >= 0.6 is 0 Å².